The molecule has 2 aromatic heterocycles. The number of anilines is 1. The normalized spacial score (nSPS) is 10.9. The number of carbonyl (C=O) groups is 1. The van der Waals surface area contributed by atoms with Gasteiger partial charge in [0.2, 0.25) is 5.91 Å². The van der Waals surface area contributed by atoms with Gasteiger partial charge < -0.3 is 9.84 Å². The number of amides is 1. The molecule has 1 N–H and O–H groups in total. The molecule has 25 heavy (non-hydrogen) atoms. The Bertz CT molecular complexity index is 958. The van der Waals surface area contributed by atoms with Gasteiger partial charge in [-0.05, 0) is 23.3 Å². The number of aromatic nitrogens is 2. The lowest BCUT2D eigenvalue weighted by atomic mass is 9.90. The topological polar surface area (TPSA) is 68.0 Å². The minimum Gasteiger partial charge on any atom is -0.334 e. The molecule has 2 heterocycles. The Labute approximate surface area is 144 Å². The van der Waals surface area contributed by atoms with Crippen molar-refractivity contribution >= 4 is 22.8 Å². The lowest BCUT2D eigenvalue weighted by Gasteiger charge is -2.17. The van der Waals surface area contributed by atoms with Crippen LogP contribution in [-0.2, 0) is 4.79 Å². The molecule has 0 saturated heterocycles. The van der Waals surface area contributed by atoms with Crippen molar-refractivity contribution in [1.29, 1.82) is 0 Å². The smallest absolute Gasteiger partial charge is 0.259 e. The summed E-state index contributed by atoms with van der Waals surface area (Å²) >= 11 is 0. The van der Waals surface area contributed by atoms with E-state index in [9.17, 15) is 4.79 Å². The van der Waals surface area contributed by atoms with Crippen LogP contribution in [0.4, 0.5) is 5.82 Å². The molecule has 0 aliphatic heterocycles. The molecule has 4 aromatic rings. The number of rotatable bonds is 4. The predicted octanol–water partition coefficient (Wildman–Crippen LogP) is 3.99. The highest BCUT2D eigenvalue weighted by Crippen LogP contribution is 2.27. The van der Waals surface area contributed by atoms with E-state index in [2.05, 4.69) is 15.5 Å². The van der Waals surface area contributed by atoms with Crippen molar-refractivity contribution in [3.63, 3.8) is 0 Å². The molecule has 0 saturated carbocycles. The zero-order chi connectivity index (χ0) is 17.1. The maximum atomic E-state index is 13.0. The molecule has 0 unspecified atom stereocenters. The Morgan fingerprint density at radius 2 is 1.52 bits per heavy atom. The van der Waals surface area contributed by atoms with Gasteiger partial charge in [-0.25, -0.2) is 4.98 Å². The third-order valence-corrected chi connectivity index (χ3v) is 4.02. The molecule has 0 aliphatic rings. The fraction of sp³-hybridized carbons (Fsp3) is 0.0500. The highest BCUT2D eigenvalue weighted by molar-refractivity contribution is 6.02. The molecular weight excluding hydrogens is 314 g/mol. The average Bonchev–Trinajstić information content (AvgIpc) is 3.07. The van der Waals surface area contributed by atoms with Crippen molar-refractivity contribution in [3.8, 4) is 0 Å². The Morgan fingerprint density at radius 1 is 0.880 bits per heavy atom. The molecule has 2 aromatic carbocycles. The number of nitrogens with zero attached hydrogens (tertiary/aromatic N) is 2. The molecule has 0 atom stereocenters. The number of carbonyl (C=O) groups excluding carboxylic acids is 1. The first-order valence-electron chi connectivity index (χ1n) is 7.94. The van der Waals surface area contributed by atoms with E-state index in [0.717, 1.165) is 11.1 Å². The van der Waals surface area contributed by atoms with Crippen LogP contribution in [0.1, 0.15) is 17.0 Å². The summed E-state index contributed by atoms with van der Waals surface area (Å²) in [6.45, 7) is 0. The van der Waals surface area contributed by atoms with Gasteiger partial charge in [-0.1, -0.05) is 65.8 Å². The highest BCUT2D eigenvalue weighted by Gasteiger charge is 2.24. The van der Waals surface area contributed by atoms with E-state index >= 15 is 0 Å². The van der Waals surface area contributed by atoms with E-state index in [1.165, 1.54) is 0 Å². The second-order valence-electron chi connectivity index (χ2n) is 5.63. The molecule has 5 heteroatoms. The summed E-state index contributed by atoms with van der Waals surface area (Å²) in [6, 6.07) is 22.9. The lowest BCUT2D eigenvalue weighted by Crippen LogP contribution is -2.22. The van der Waals surface area contributed by atoms with Gasteiger partial charge in [0.25, 0.3) is 5.71 Å². The SMILES string of the molecule is O=C(Nc1noc2ncccc12)C(c1ccccc1)c1ccccc1. The molecular formula is C20H15N3O2. The largest absolute Gasteiger partial charge is 0.334 e. The number of nitrogens with one attached hydrogen (secondary N) is 1. The van der Waals surface area contributed by atoms with E-state index in [1.54, 1.807) is 12.3 Å². The zero-order valence-corrected chi connectivity index (χ0v) is 13.3. The molecule has 5 nitrogen and oxygen atoms in total. The molecule has 4 rings (SSSR count). The maximum Gasteiger partial charge on any atom is 0.259 e. The van der Waals surface area contributed by atoms with Crippen molar-refractivity contribution in [2.24, 2.45) is 0 Å². The van der Waals surface area contributed by atoms with Crippen molar-refractivity contribution < 1.29 is 9.32 Å². The van der Waals surface area contributed by atoms with Crippen molar-refractivity contribution in [2.45, 2.75) is 5.92 Å². The van der Waals surface area contributed by atoms with Crippen LogP contribution >= 0.6 is 0 Å². The van der Waals surface area contributed by atoms with Crippen molar-refractivity contribution in [1.82, 2.24) is 10.1 Å². The van der Waals surface area contributed by atoms with E-state index in [0.29, 0.717) is 16.9 Å². The molecule has 0 bridgehead atoms. The summed E-state index contributed by atoms with van der Waals surface area (Å²) in [5.74, 6) is -0.229. The van der Waals surface area contributed by atoms with Crippen LogP contribution in [0.25, 0.3) is 11.1 Å². The number of pyridine rings is 1. The first kappa shape index (κ1) is 15.1. The van der Waals surface area contributed by atoms with Gasteiger partial charge >= 0.3 is 0 Å². The average molecular weight is 329 g/mol. The minimum absolute atomic E-state index is 0.170. The summed E-state index contributed by atoms with van der Waals surface area (Å²) in [5.41, 5.74) is 2.23. The molecule has 122 valence electrons. The quantitative estimate of drug-likeness (QED) is 0.614. The number of fused-ring (bicyclic) bond motifs is 1. The van der Waals surface area contributed by atoms with Gasteiger partial charge in [0, 0.05) is 6.20 Å². The standard InChI is InChI=1S/C20H15N3O2/c24-19(22-18-16-12-7-13-21-20(16)25-23-18)17(14-8-3-1-4-9-14)15-10-5-2-6-11-15/h1-13,17H,(H,22,23,24). The van der Waals surface area contributed by atoms with Crippen LogP contribution in [-0.4, -0.2) is 16.0 Å². The Morgan fingerprint density at radius 3 is 2.16 bits per heavy atom. The van der Waals surface area contributed by atoms with Crippen molar-refractivity contribution in [3.05, 3.63) is 90.1 Å². The molecule has 0 fully saturated rings. The Hall–Kier alpha value is -3.47. The second kappa shape index (κ2) is 6.57. The van der Waals surface area contributed by atoms with Crippen LogP contribution in [0.3, 0.4) is 0 Å². The maximum absolute atomic E-state index is 13.0. The van der Waals surface area contributed by atoms with Crippen LogP contribution in [0.5, 0.6) is 0 Å². The first-order valence-corrected chi connectivity index (χ1v) is 7.94. The van der Waals surface area contributed by atoms with Gasteiger partial charge in [-0.3, -0.25) is 4.79 Å². The Kier molecular flexibility index (Phi) is 3.96. The lowest BCUT2D eigenvalue weighted by molar-refractivity contribution is -0.116. The fourth-order valence-corrected chi connectivity index (χ4v) is 2.85. The third-order valence-electron chi connectivity index (χ3n) is 4.02. The van der Waals surface area contributed by atoms with Crippen LogP contribution in [0.15, 0.2) is 83.5 Å². The molecule has 0 spiro atoms. The van der Waals surface area contributed by atoms with Gasteiger partial charge in [-0.15, -0.1) is 0 Å². The zero-order valence-electron chi connectivity index (χ0n) is 13.3. The van der Waals surface area contributed by atoms with Gasteiger partial charge in [-0.2, -0.15) is 0 Å². The summed E-state index contributed by atoms with van der Waals surface area (Å²) in [5, 5.41) is 7.49. The van der Waals surface area contributed by atoms with Crippen LogP contribution in [0.2, 0.25) is 0 Å². The third kappa shape index (κ3) is 2.99. The summed E-state index contributed by atoms with van der Waals surface area (Å²) in [4.78, 5) is 17.1. The summed E-state index contributed by atoms with van der Waals surface area (Å²) in [7, 11) is 0. The van der Waals surface area contributed by atoms with E-state index in [1.807, 2.05) is 66.7 Å². The van der Waals surface area contributed by atoms with E-state index in [4.69, 9.17) is 4.52 Å². The van der Waals surface area contributed by atoms with E-state index in [-0.39, 0.29) is 5.91 Å². The van der Waals surface area contributed by atoms with E-state index < -0.39 is 5.92 Å². The predicted molar refractivity (Wildman–Crippen MR) is 95.2 cm³/mol. The highest BCUT2D eigenvalue weighted by atomic mass is 16.5. The summed E-state index contributed by atoms with van der Waals surface area (Å²) in [6.07, 6.45) is 1.62. The second-order valence-corrected chi connectivity index (χ2v) is 5.63. The monoisotopic (exact) mass is 329 g/mol. The fourth-order valence-electron chi connectivity index (χ4n) is 2.85. The van der Waals surface area contributed by atoms with Crippen LogP contribution < -0.4 is 5.32 Å². The number of benzene rings is 2. The van der Waals surface area contributed by atoms with Gasteiger partial charge in [0.1, 0.15) is 0 Å². The molecule has 0 aliphatic carbocycles. The Balaban J connectivity index is 1.71. The van der Waals surface area contributed by atoms with Crippen LogP contribution in [0, 0.1) is 0 Å². The van der Waals surface area contributed by atoms with Crippen molar-refractivity contribution in [2.75, 3.05) is 5.32 Å². The number of hydrogen-bond donors (Lipinski definition) is 1. The molecule has 1 amide bonds. The minimum atomic E-state index is -0.439. The number of hydrogen-bond acceptors (Lipinski definition) is 4. The summed E-state index contributed by atoms with van der Waals surface area (Å²) < 4.78 is 5.17. The first-order chi connectivity index (χ1) is 12.3. The molecule has 0 radical (unpaired) electrons. The van der Waals surface area contributed by atoms with Gasteiger partial charge in [0.15, 0.2) is 5.82 Å². The van der Waals surface area contributed by atoms with Gasteiger partial charge in [0.05, 0.1) is 11.3 Å².